The Morgan fingerprint density at radius 2 is 1.74 bits per heavy atom. The number of hydrogen-bond acceptors (Lipinski definition) is 1. The molecule has 0 aliphatic rings. The molecule has 0 fully saturated rings. The lowest BCUT2D eigenvalue weighted by Crippen LogP contribution is -1.92. The van der Waals surface area contributed by atoms with Gasteiger partial charge in [0.05, 0.1) is 0 Å². The SMILES string of the molecule is C=CCc1cccc(O)c1CC=Cc1ccccc1. The normalized spacial score (nSPS) is 10.7. The van der Waals surface area contributed by atoms with Crippen molar-refractivity contribution in [3.8, 4) is 5.75 Å². The second-order valence-electron chi connectivity index (χ2n) is 4.42. The molecule has 2 aromatic carbocycles. The largest absolute Gasteiger partial charge is 0.508 e. The van der Waals surface area contributed by atoms with Gasteiger partial charge in [0, 0.05) is 5.56 Å². The summed E-state index contributed by atoms with van der Waals surface area (Å²) in [4.78, 5) is 0. The zero-order valence-electron chi connectivity index (χ0n) is 10.9. The molecule has 0 spiro atoms. The van der Waals surface area contributed by atoms with E-state index < -0.39 is 0 Å². The maximum atomic E-state index is 9.95. The smallest absolute Gasteiger partial charge is 0.119 e. The molecule has 1 N–H and O–H groups in total. The predicted molar refractivity (Wildman–Crippen MR) is 81.2 cm³/mol. The highest BCUT2D eigenvalue weighted by atomic mass is 16.3. The zero-order valence-corrected chi connectivity index (χ0v) is 10.9. The highest BCUT2D eigenvalue weighted by molar-refractivity contribution is 5.51. The lowest BCUT2D eigenvalue weighted by Gasteiger charge is -2.07. The third kappa shape index (κ3) is 3.59. The standard InChI is InChI=1S/C18H18O/c1-2-8-16-12-7-14-18(19)17(16)13-6-11-15-9-4-3-5-10-15/h2-7,9-12,14,19H,1,8,13H2. The summed E-state index contributed by atoms with van der Waals surface area (Å²) in [6.45, 7) is 3.75. The topological polar surface area (TPSA) is 20.2 Å². The lowest BCUT2D eigenvalue weighted by molar-refractivity contribution is 0.469. The van der Waals surface area contributed by atoms with Gasteiger partial charge in [0.25, 0.3) is 0 Å². The Hall–Kier alpha value is -2.28. The Balaban J connectivity index is 2.15. The van der Waals surface area contributed by atoms with Crippen LogP contribution in [0.1, 0.15) is 16.7 Å². The van der Waals surface area contributed by atoms with Crippen LogP contribution in [0.5, 0.6) is 5.75 Å². The first kappa shape index (κ1) is 13.2. The van der Waals surface area contributed by atoms with Crippen LogP contribution in [0.4, 0.5) is 0 Å². The fourth-order valence-corrected chi connectivity index (χ4v) is 2.08. The molecule has 96 valence electrons. The molecule has 0 atom stereocenters. The van der Waals surface area contributed by atoms with Gasteiger partial charge in [-0.3, -0.25) is 0 Å². The Labute approximate surface area is 114 Å². The monoisotopic (exact) mass is 250 g/mol. The first-order valence-electron chi connectivity index (χ1n) is 6.43. The highest BCUT2D eigenvalue weighted by Crippen LogP contribution is 2.23. The van der Waals surface area contributed by atoms with Gasteiger partial charge in [0.1, 0.15) is 5.75 Å². The second kappa shape index (κ2) is 6.60. The number of phenols is 1. The van der Waals surface area contributed by atoms with Gasteiger partial charge in [-0.25, -0.2) is 0 Å². The molecule has 0 bridgehead atoms. The maximum Gasteiger partial charge on any atom is 0.119 e. The van der Waals surface area contributed by atoms with Crippen LogP contribution < -0.4 is 0 Å². The Morgan fingerprint density at radius 1 is 0.947 bits per heavy atom. The van der Waals surface area contributed by atoms with Gasteiger partial charge in [0.2, 0.25) is 0 Å². The van der Waals surface area contributed by atoms with E-state index in [1.807, 2.05) is 36.4 Å². The fraction of sp³-hybridized carbons (Fsp3) is 0.111. The summed E-state index contributed by atoms with van der Waals surface area (Å²) in [5.41, 5.74) is 3.28. The maximum absolute atomic E-state index is 9.95. The van der Waals surface area contributed by atoms with Crippen LogP contribution in [0.3, 0.4) is 0 Å². The molecule has 2 aromatic rings. The van der Waals surface area contributed by atoms with Crippen LogP contribution in [0.2, 0.25) is 0 Å². The zero-order chi connectivity index (χ0) is 13.5. The highest BCUT2D eigenvalue weighted by Gasteiger charge is 2.04. The second-order valence-corrected chi connectivity index (χ2v) is 4.42. The third-order valence-corrected chi connectivity index (χ3v) is 3.04. The molecule has 0 saturated heterocycles. The van der Waals surface area contributed by atoms with E-state index in [1.54, 1.807) is 6.07 Å². The number of phenolic OH excluding ortho intramolecular Hbond substituents is 1. The van der Waals surface area contributed by atoms with E-state index >= 15 is 0 Å². The summed E-state index contributed by atoms with van der Waals surface area (Å²) >= 11 is 0. The number of benzene rings is 2. The van der Waals surface area contributed by atoms with Crippen molar-refractivity contribution < 1.29 is 5.11 Å². The van der Waals surface area contributed by atoms with Crippen LogP contribution in [0.25, 0.3) is 6.08 Å². The molecule has 0 heterocycles. The molecular weight excluding hydrogens is 232 g/mol. The van der Waals surface area contributed by atoms with Crippen molar-refractivity contribution in [3.05, 3.63) is 84.0 Å². The van der Waals surface area contributed by atoms with Crippen molar-refractivity contribution in [3.63, 3.8) is 0 Å². The van der Waals surface area contributed by atoms with Crippen LogP contribution in [0, 0.1) is 0 Å². The van der Waals surface area contributed by atoms with E-state index in [0.29, 0.717) is 5.75 Å². The average molecular weight is 250 g/mol. The number of aromatic hydroxyl groups is 1. The molecule has 2 rings (SSSR count). The van der Waals surface area contributed by atoms with E-state index in [9.17, 15) is 5.11 Å². The summed E-state index contributed by atoms with van der Waals surface area (Å²) in [6.07, 6.45) is 7.52. The summed E-state index contributed by atoms with van der Waals surface area (Å²) in [6, 6.07) is 15.8. The first-order chi connectivity index (χ1) is 9.31. The molecule has 1 heteroatoms. The van der Waals surface area contributed by atoms with E-state index in [-0.39, 0.29) is 0 Å². The van der Waals surface area contributed by atoms with Gasteiger partial charge < -0.3 is 5.11 Å². The summed E-state index contributed by atoms with van der Waals surface area (Å²) in [7, 11) is 0. The third-order valence-electron chi connectivity index (χ3n) is 3.04. The van der Waals surface area contributed by atoms with Crippen molar-refractivity contribution in [2.24, 2.45) is 0 Å². The number of rotatable bonds is 5. The molecule has 0 amide bonds. The molecular formula is C18H18O. The molecule has 0 aromatic heterocycles. The van der Waals surface area contributed by atoms with Crippen molar-refractivity contribution >= 4 is 6.08 Å². The van der Waals surface area contributed by atoms with Gasteiger partial charge in [-0.1, -0.05) is 60.7 Å². The summed E-state index contributed by atoms with van der Waals surface area (Å²) < 4.78 is 0. The summed E-state index contributed by atoms with van der Waals surface area (Å²) in [5.74, 6) is 0.358. The fourth-order valence-electron chi connectivity index (χ4n) is 2.08. The average Bonchev–Trinajstić information content (AvgIpc) is 2.43. The van der Waals surface area contributed by atoms with Crippen LogP contribution >= 0.6 is 0 Å². The molecule has 0 saturated carbocycles. The molecule has 19 heavy (non-hydrogen) atoms. The molecule has 0 aliphatic carbocycles. The molecule has 0 unspecified atom stereocenters. The van der Waals surface area contributed by atoms with Crippen LogP contribution in [-0.2, 0) is 12.8 Å². The van der Waals surface area contributed by atoms with Crippen LogP contribution in [-0.4, -0.2) is 5.11 Å². The van der Waals surface area contributed by atoms with Gasteiger partial charge in [0.15, 0.2) is 0 Å². The van der Waals surface area contributed by atoms with Gasteiger partial charge in [-0.05, 0) is 30.0 Å². The minimum Gasteiger partial charge on any atom is -0.508 e. The van der Waals surface area contributed by atoms with Gasteiger partial charge in [-0.2, -0.15) is 0 Å². The van der Waals surface area contributed by atoms with Crippen molar-refractivity contribution in [1.29, 1.82) is 0 Å². The minimum absolute atomic E-state index is 0.358. The van der Waals surface area contributed by atoms with E-state index in [2.05, 4.69) is 30.9 Å². The van der Waals surface area contributed by atoms with E-state index in [4.69, 9.17) is 0 Å². The van der Waals surface area contributed by atoms with Crippen molar-refractivity contribution in [1.82, 2.24) is 0 Å². The van der Waals surface area contributed by atoms with Crippen molar-refractivity contribution in [2.75, 3.05) is 0 Å². The lowest BCUT2D eigenvalue weighted by atomic mass is 10.00. The molecule has 0 aliphatic heterocycles. The van der Waals surface area contributed by atoms with E-state index in [0.717, 1.165) is 24.0 Å². The van der Waals surface area contributed by atoms with E-state index in [1.165, 1.54) is 5.56 Å². The number of hydrogen-bond donors (Lipinski definition) is 1. The van der Waals surface area contributed by atoms with Crippen LogP contribution in [0.15, 0.2) is 67.3 Å². The summed E-state index contributed by atoms with van der Waals surface area (Å²) in [5, 5.41) is 9.95. The minimum atomic E-state index is 0.358. The Morgan fingerprint density at radius 3 is 2.47 bits per heavy atom. The Bertz CT molecular complexity index is 567. The van der Waals surface area contributed by atoms with Gasteiger partial charge in [-0.15, -0.1) is 6.58 Å². The first-order valence-corrected chi connectivity index (χ1v) is 6.43. The quantitative estimate of drug-likeness (QED) is 0.781. The van der Waals surface area contributed by atoms with Crippen molar-refractivity contribution in [2.45, 2.75) is 12.8 Å². The number of allylic oxidation sites excluding steroid dienone is 2. The molecule has 0 radical (unpaired) electrons. The predicted octanol–water partition coefficient (Wildman–Crippen LogP) is 4.38. The molecule has 1 nitrogen and oxygen atoms in total. The Kier molecular flexibility index (Phi) is 4.57. The van der Waals surface area contributed by atoms with Gasteiger partial charge >= 0.3 is 0 Å².